The van der Waals surface area contributed by atoms with E-state index in [0.717, 1.165) is 22.9 Å². The number of pyridine rings is 1. The first-order chi connectivity index (χ1) is 19.4. The van der Waals surface area contributed by atoms with Gasteiger partial charge in [-0.2, -0.15) is 5.26 Å². The van der Waals surface area contributed by atoms with Crippen LogP contribution in [0.4, 0.5) is 22.1 Å². The first-order valence-corrected chi connectivity index (χ1v) is 13.3. The van der Waals surface area contributed by atoms with Gasteiger partial charge in [0.15, 0.2) is 11.0 Å². The van der Waals surface area contributed by atoms with Gasteiger partial charge in [-0.15, -0.1) is 0 Å². The van der Waals surface area contributed by atoms with Crippen molar-refractivity contribution in [3.8, 4) is 23.1 Å². The molecule has 0 bridgehead atoms. The van der Waals surface area contributed by atoms with Gasteiger partial charge in [-0.05, 0) is 47.9 Å². The quantitative estimate of drug-likeness (QED) is 0.175. The fraction of sp³-hybridized carbons (Fsp3) is 0.172. The number of methoxy groups -OCH3 is 1. The SMILES string of the molecule is COc1ccc(Nc2nc(SCC(=O)NC(=O)Nc3ccccn3)nc(-c3ccc(C(C)C)cc3)c2C#N)cc1. The van der Waals surface area contributed by atoms with Gasteiger partial charge in [0.05, 0.1) is 18.6 Å². The fourth-order valence-corrected chi connectivity index (χ4v) is 4.27. The van der Waals surface area contributed by atoms with Crippen LogP contribution in [-0.4, -0.2) is 39.8 Å². The second-order valence-corrected chi connectivity index (χ2v) is 9.77. The van der Waals surface area contributed by atoms with E-state index in [0.29, 0.717) is 34.7 Å². The average molecular weight is 554 g/mol. The summed E-state index contributed by atoms with van der Waals surface area (Å²) in [4.78, 5) is 37.8. The Morgan fingerprint density at radius 2 is 1.77 bits per heavy atom. The number of benzene rings is 2. The summed E-state index contributed by atoms with van der Waals surface area (Å²) in [6.45, 7) is 4.21. The second-order valence-electron chi connectivity index (χ2n) is 8.83. The highest BCUT2D eigenvalue weighted by molar-refractivity contribution is 7.99. The molecule has 2 aromatic carbocycles. The van der Waals surface area contributed by atoms with E-state index < -0.39 is 11.9 Å². The average Bonchev–Trinajstić information content (AvgIpc) is 2.96. The maximum absolute atomic E-state index is 12.5. The number of nitrogens with one attached hydrogen (secondary N) is 3. The molecule has 0 unspecified atom stereocenters. The van der Waals surface area contributed by atoms with Crippen molar-refractivity contribution in [2.45, 2.75) is 24.9 Å². The highest BCUT2D eigenvalue weighted by Crippen LogP contribution is 2.32. The van der Waals surface area contributed by atoms with Gasteiger partial charge < -0.3 is 10.1 Å². The number of amides is 3. The van der Waals surface area contributed by atoms with Crippen LogP contribution in [0.2, 0.25) is 0 Å². The number of carbonyl (C=O) groups is 2. The number of imide groups is 1. The molecule has 0 saturated carbocycles. The van der Waals surface area contributed by atoms with E-state index in [1.54, 1.807) is 49.6 Å². The Hall–Kier alpha value is -4.95. The Labute approximate surface area is 236 Å². The Bertz CT molecular complexity index is 1520. The summed E-state index contributed by atoms with van der Waals surface area (Å²) in [5.74, 6) is 0.976. The molecule has 3 amide bonds. The number of rotatable bonds is 9. The van der Waals surface area contributed by atoms with Gasteiger partial charge in [-0.1, -0.05) is 55.9 Å². The lowest BCUT2D eigenvalue weighted by Gasteiger charge is -2.14. The van der Waals surface area contributed by atoms with Crippen molar-refractivity contribution < 1.29 is 14.3 Å². The zero-order chi connectivity index (χ0) is 28.5. The fourth-order valence-electron chi connectivity index (χ4n) is 3.62. The van der Waals surface area contributed by atoms with Crippen molar-refractivity contribution >= 4 is 41.0 Å². The van der Waals surface area contributed by atoms with Gasteiger partial charge in [0.1, 0.15) is 23.2 Å². The minimum absolute atomic E-state index is 0.130. The van der Waals surface area contributed by atoms with Crippen molar-refractivity contribution in [2.75, 3.05) is 23.5 Å². The third-order valence-corrected chi connectivity index (χ3v) is 6.54. The molecule has 0 spiro atoms. The van der Waals surface area contributed by atoms with Crippen LogP contribution in [0.15, 0.2) is 78.1 Å². The molecule has 11 heteroatoms. The lowest BCUT2D eigenvalue weighted by molar-refractivity contribution is -0.117. The summed E-state index contributed by atoms with van der Waals surface area (Å²) in [5.41, 5.74) is 3.28. The number of aromatic nitrogens is 3. The molecular formula is C29H27N7O3S. The molecule has 0 radical (unpaired) electrons. The van der Waals surface area contributed by atoms with E-state index in [1.807, 2.05) is 24.3 Å². The Kier molecular flexibility index (Phi) is 9.27. The Morgan fingerprint density at radius 3 is 2.40 bits per heavy atom. The van der Waals surface area contributed by atoms with Crippen molar-refractivity contribution in [2.24, 2.45) is 0 Å². The lowest BCUT2D eigenvalue weighted by Crippen LogP contribution is -2.35. The number of ether oxygens (including phenoxy) is 1. The number of nitriles is 1. The van der Waals surface area contributed by atoms with Crippen LogP contribution in [0.5, 0.6) is 5.75 Å². The van der Waals surface area contributed by atoms with Crippen LogP contribution in [0, 0.1) is 11.3 Å². The molecule has 0 saturated heterocycles. The van der Waals surface area contributed by atoms with Crippen molar-refractivity contribution in [3.63, 3.8) is 0 Å². The van der Waals surface area contributed by atoms with Gasteiger partial charge in [0, 0.05) is 17.4 Å². The monoisotopic (exact) mass is 553 g/mol. The minimum atomic E-state index is -0.696. The molecule has 2 heterocycles. The summed E-state index contributed by atoms with van der Waals surface area (Å²) in [7, 11) is 1.58. The van der Waals surface area contributed by atoms with Crippen molar-refractivity contribution in [3.05, 3.63) is 84.1 Å². The zero-order valence-corrected chi connectivity index (χ0v) is 23.0. The number of urea groups is 1. The van der Waals surface area contributed by atoms with Gasteiger partial charge in [-0.25, -0.2) is 19.7 Å². The molecule has 0 aliphatic carbocycles. The third-order valence-electron chi connectivity index (χ3n) is 5.70. The normalized spacial score (nSPS) is 10.5. The maximum Gasteiger partial charge on any atom is 0.327 e. The zero-order valence-electron chi connectivity index (χ0n) is 22.1. The van der Waals surface area contributed by atoms with E-state index in [9.17, 15) is 14.9 Å². The van der Waals surface area contributed by atoms with Crippen LogP contribution in [0.25, 0.3) is 11.3 Å². The summed E-state index contributed by atoms with van der Waals surface area (Å²) >= 11 is 1.04. The van der Waals surface area contributed by atoms with Crippen LogP contribution < -0.4 is 20.7 Å². The molecule has 4 aromatic rings. The molecular weight excluding hydrogens is 526 g/mol. The van der Waals surface area contributed by atoms with Gasteiger partial charge in [0.2, 0.25) is 5.91 Å². The molecule has 10 nitrogen and oxygen atoms in total. The molecule has 0 atom stereocenters. The molecule has 202 valence electrons. The number of carbonyl (C=O) groups excluding carboxylic acids is 2. The van der Waals surface area contributed by atoms with E-state index in [4.69, 9.17) is 4.74 Å². The van der Waals surface area contributed by atoms with E-state index in [-0.39, 0.29) is 16.5 Å². The summed E-state index contributed by atoms with van der Waals surface area (Å²) in [5, 5.41) is 18.3. The molecule has 40 heavy (non-hydrogen) atoms. The van der Waals surface area contributed by atoms with Crippen LogP contribution >= 0.6 is 11.8 Å². The predicted molar refractivity (Wildman–Crippen MR) is 155 cm³/mol. The van der Waals surface area contributed by atoms with Gasteiger partial charge in [0.25, 0.3) is 0 Å². The molecule has 0 aliphatic rings. The van der Waals surface area contributed by atoms with Crippen LogP contribution in [-0.2, 0) is 4.79 Å². The first-order valence-electron chi connectivity index (χ1n) is 12.3. The second kappa shape index (κ2) is 13.2. The van der Waals surface area contributed by atoms with E-state index in [1.165, 1.54) is 6.20 Å². The molecule has 3 N–H and O–H groups in total. The number of hydrogen-bond donors (Lipinski definition) is 3. The largest absolute Gasteiger partial charge is 0.497 e. The minimum Gasteiger partial charge on any atom is -0.497 e. The predicted octanol–water partition coefficient (Wildman–Crippen LogP) is 5.73. The van der Waals surface area contributed by atoms with E-state index in [2.05, 4.69) is 50.8 Å². The molecule has 4 rings (SSSR count). The first kappa shape index (κ1) is 28.1. The highest BCUT2D eigenvalue weighted by atomic mass is 32.2. The van der Waals surface area contributed by atoms with Crippen LogP contribution in [0.3, 0.4) is 0 Å². The lowest BCUT2D eigenvalue weighted by atomic mass is 9.99. The summed E-state index contributed by atoms with van der Waals surface area (Å²) < 4.78 is 5.22. The Balaban J connectivity index is 1.58. The molecule has 0 aliphatic heterocycles. The number of hydrogen-bond acceptors (Lipinski definition) is 9. The summed E-state index contributed by atoms with van der Waals surface area (Å²) in [6.07, 6.45) is 1.53. The maximum atomic E-state index is 12.5. The smallest absolute Gasteiger partial charge is 0.327 e. The standard InChI is InChI=1S/C29H27N7O3S/c1-18(2)19-7-9-20(10-8-19)26-23(16-30)27(32-21-11-13-22(39-3)14-12-21)36-29(35-26)40-17-25(37)34-28(38)33-24-6-4-5-15-31-24/h4-15,18H,17H2,1-3H3,(H,32,35,36)(H2,31,33,34,37,38). The Morgan fingerprint density at radius 1 is 1.02 bits per heavy atom. The third kappa shape index (κ3) is 7.33. The van der Waals surface area contributed by atoms with E-state index >= 15 is 0 Å². The van der Waals surface area contributed by atoms with Crippen molar-refractivity contribution in [1.82, 2.24) is 20.3 Å². The highest BCUT2D eigenvalue weighted by Gasteiger charge is 2.18. The van der Waals surface area contributed by atoms with Crippen LogP contribution in [0.1, 0.15) is 30.9 Å². The van der Waals surface area contributed by atoms with Gasteiger partial charge in [-0.3, -0.25) is 15.4 Å². The van der Waals surface area contributed by atoms with Crippen molar-refractivity contribution in [1.29, 1.82) is 5.26 Å². The number of thioether (sulfide) groups is 1. The molecule has 0 fully saturated rings. The number of anilines is 3. The topological polar surface area (TPSA) is 142 Å². The number of nitrogens with zero attached hydrogens (tertiary/aromatic N) is 4. The van der Waals surface area contributed by atoms with Gasteiger partial charge >= 0.3 is 6.03 Å². The molecule has 2 aromatic heterocycles. The summed E-state index contributed by atoms with van der Waals surface area (Å²) in [6, 6.07) is 21.6.